The van der Waals surface area contributed by atoms with Gasteiger partial charge in [0.15, 0.2) is 11.5 Å². The largest absolute Gasteiger partial charge is 0.493 e. The maximum absolute atomic E-state index is 13.2. The molecule has 0 radical (unpaired) electrons. The van der Waals surface area contributed by atoms with Crippen molar-refractivity contribution in [2.45, 2.75) is 58.4 Å². The molecular formula is C41H48N6O7. The molecule has 0 saturated carbocycles. The highest BCUT2D eigenvalue weighted by molar-refractivity contribution is 6.05. The zero-order valence-corrected chi connectivity index (χ0v) is 31.5. The Hall–Kier alpha value is -5.85. The van der Waals surface area contributed by atoms with Crippen LogP contribution in [0.4, 0.5) is 17.1 Å². The Kier molecular flexibility index (Phi) is 11.8. The van der Waals surface area contributed by atoms with Crippen LogP contribution in [0, 0.1) is 5.92 Å². The van der Waals surface area contributed by atoms with Crippen LogP contribution in [0.15, 0.2) is 65.9 Å². The number of nitrogens with zero attached hydrogens (tertiary/aromatic N) is 4. The zero-order chi connectivity index (χ0) is 38.4. The highest BCUT2D eigenvalue weighted by Gasteiger charge is 2.32. The number of ether oxygens (including phenoxy) is 3. The summed E-state index contributed by atoms with van der Waals surface area (Å²) in [7, 11) is 5.07. The summed E-state index contributed by atoms with van der Waals surface area (Å²) < 4.78 is 20.4. The van der Waals surface area contributed by atoms with E-state index in [1.807, 2.05) is 36.5 Å². The summed E-state index contributed by atoms with van der Waals surface area (Å²) in [4.78, 5) is 58.1. The van der Waals surface area contributed by atoms with Crippen LogP contribution in [0.5, 0.6) is 11.5 Å². The number of methoxy groups -OCH3 is 1. The third-order valence-electron chi connectivity index (χ3n) is 9.63. The Morgan fingerprint density at radius 2 is 1.67 bits per heavy atom. The van der Waals surface area contributed by atoms with Gasteiger partial charge < -0.3 is 38.9 Å². The number of esters is 1. The van der Waals surface area contributed by atoms with Crippen LogP contribution in [0.3, 0.4) is 0 Å². The first-order chi connectivity index (χ1) is 26.0. The molecule has 284 valence electrons. The second-order valence-electron chi connectivity index (χ2n) is 14.2. The van der Waals surface area contributed by atoms with Crippen LogP contribution in [0.2, 0.25) is 0 Å². The molecule has 1 saturated heterocycles. The van der Waals surface area contributed by atoms with Crippen molar-refractivity contribution in [3.05, 3.63) is 77.9 Å². The highest BCUT2D eigenvalue weighted by atomic mass is 16.5. The molecule has 0 bridgehead atoms. The van der Waals surface area contributed by atoms with Gasteiger partial charge in [-0.1, -0.05) is 26.0 Å². The molecule has 4 aromatic rings. The zero-order valence-electron chi connectivity index (χ0n) is 31.5. The van der Waals surface area contributed by atoms with E-state index in [0.717, 1.165) is 36.8 Å². The van der Waals surface area contributed by atoms with E-state index in [1.54, 1.807) is 58.8 Å². The Labute approximate surface area is 315 Å². The van der Waals surface area contributed by atoms with Crippen LogP contribution in [-0.2, 0) is 23.6 Å². The number of hydrogen-bond donors (Lipinski definition) is 2. The van der Waals surface area contributed by atoms with Crippen LogP contribution < -0.4 is 20.1 Å². The lowest BCUT2D eigenvalue weighted by molar-refractivity contribution is -0.116. The molecule has 4 heterocycles. The van der Waals surface area contributed by atoms with E-state index in [9.17, 15) is 19.2 Å². The minimum atomic E-state index is -0.350. The molecule has 13 nitrogen and oxygen atoms in total. The number of aliphatic imine (C=N–C) groups is 1. The van der Waals surface area contributed by atoms with Crippen molar-refractivity contribution >= 4 is 47.0 Å². The molecule has 6 rings (SSSR count). The smallest absolute Gasteiger partial charge is 0.354 e. The van der Waals surface area contributed by atoms with Gasteiger partial charge in [-0.25, -0.2) is 4.79 Å². The topological polar surface area (TPSA) is 145 Å². The molecule has 1 fully saturated rings. The van der Waals surface area contributed by atoms with Gasteiger partial charge in [0.2, 0.25) is 5.91 Å². The summed E-state index contributed by atoms with van der Waals surface area (Å²) in [5.41, 5.74) is 4.72. The van der Waals surface area contributed by atoms with Crippen LogP contribution in [0.25, 0.3) is 11.1 Å². The van der Waals surface area contributed by atoms with Crippen LogP contribution in [0.1, 0.15) is 83.7 Å². The molecule has 0 spiro atoms. The second kappa shape index (κ2) is 16.9. The molecule has 13 heteroatoms. The third-order valence-corrected chi connectivity index (χ3v) is 9.63. The average Bonchev–Trinajstić information content (AvgIpc) is 3.87. The number of benzene rings is 2. The van der Waals surface area contributed by atoms with Crippen molar-refractivity contribution in [3.8, 4) is 22.6 Å². The number of nitrogens with one attached hydrogen (secondary N) is 2. The molecule has 0 aliphatic carbocycles. The number of anilines is 2. The molecule has 2 N–H and O–H groups in total. The summed E-state index contributed by atoms with van der Waals surface area (Å²) in [6.45, 7) is 5.63. The lowest BCUT2D eigenvalue weighted by Crippen LogP contribution is -2.35. The predicted molar refractivity (Wildman–Crippen MR) is 207 cm³/mol. The second-order valence-corrected chi connectivity index (χ2v) is 14.2. The van der Waals surface area contributed by atoms with E-state index in [2.05, 4.69) is 29.5 Å². The van der Waals surface area contributed by atoms with Gasteiger partial charge in [0.1, 0.15) is 11.4 Å². The Balaban J connectivity index is 0.978. The SMILES string of the molecule is COc1cc2c(cc1OCCCC(=O)Nc1cc(C(=O)Nc3ccc(-c4cc(C(=O)OCCCC(C)C)n(C)c4)cc3)n(C)c1)N=CC1CCCN1C2=O. The molecule has 2 aromatic carbocycles. The fraction of sp³-hybridized carbons (Fsp3) is 0.390. The van der Waals surface area contributed by atoms with Gasteiger partial charge in [-0.15, -0.1) is 0 Å². The number of carbonyl (C=O) groups is 4. The first-order valence-electron chi connectivity index (χ1n) is 18.4. The molecule has 2 aromatic heterocycles. The molecule has 3 amide bonds. The summed E-state index contributed by atoms with van der Waals surface area (Å²) in [5, 5.41) is 5.77. The molecule has 1 unspecified atom stereocenters. The van der Waals surface area contributed by atoms with Gasteiger partial charge in [-0.3, -0.25) is 19.4 Å². The van der Waals surface area contributed by atoms with Crippen LogP contribution >= 0.6 is 0 Å². The fourth-order valence-electron chi connectivity index (χ4n) is 6.71. The van der Waals surface area contributed by atoms with Crippen molar-refractivity contribution in [3.63, 3.8) is 0 Å². The summed E-state index contributed by atoms with van der Waals surface area (Å²) in [5.74, 6) is 0.486. The standard InChI is InChI=1S/C41H48N6O7/c1-26(2)9-7-18-54-41(51)35-19-28(24-45(35)3)27-12-14-29(15-13-27)44-39(49)34-20-30(25-46(34)4)43-38(48)11-8-17-53-37-22-33-32(21-36(37)52-5)40(50)47-16-6-10-31(47)23-42-33/h12-15,19-26,31H,6-11,16-18H2,1-5H3,(H,43,48)(H,44,49). The number of carbonyl (C=O) groups excluding carboxylic acids is 4. The van der Waals surface area contributed by atoms with Gasteiger partial charge in [0.25, 0.3) is 11.8 Å². The quantitative estimate of drug-likeness (QED) is 0.0988. The van der Waals surface area contributed by atoms with E-state index in [-0.39, 0.29) is 42.8 Å². The van der Waals surface area contributed by atoms with E-state index in [1.165, 1.54) is 7.11 Å². The number of aryl methyl sites for hydroxylation is 2. The third kappa shape index (κ3) is 8.84. The molecule has 1 atom stereocenters. The van der Waals surface area contributed by atoms with Crippen molar-refractivity contribution in [2.75, 3.05) is 37.5 Å². The maximum Gasteiger partial charge on any atom is 0.354 e. The number of fused-ring (bicyclic) bond motifs is 2. The normalized spacial score (nSPS) is 14.7. The van der Waals surface area contributed by atoms with E-state index in [4.69, 9.17) is 14.2 Å². The molecule has 2 aliphatic heterocycles. The van der Waals surface area contributed by atoms with Gasteiger partial charge in [0.05, 0.1) is 43.3 Å². The van der Waals surface area contributed by atoms with Gasteiger partial charge in [-0.05, 0) is 73.9 Å². The lowest BCUT2D eigenvalue weighted by atomic mass is 10.1. The van der Waals surface area contributed by atoms with Crippen molar-refractivity contribution in [2.24, 2.45) is 25.0 Å². The lowest BCUT2D eigenvalue weighted by Gasteiger charge is -2.20. The van der Waals surface area contributed by atoms with Gasteiger partial charge >= 0.3 is 5.97 Å². The Bertz CT molecular complexity index is 2040. The van der Waals surface area contributed by atoms with Gasteiger partial charge in [0, 0.05) is 63.0 Å². The molecule has 54 heavy (non-hydrogen) atoms. The first kappa shape index (κ1) is 37.9. The van der Waals surface area contributed by atoms with Gasteiger partial charge in [-0.2, -0.15) is 0 Å². The van der Waals surface area contributed by atoms with Crippen molar-refractivity contribution < 1.29 is 33.4 Å². The molecule has 2 aliphatic rings. The van der Waals surface area contributed by atoms with E-state index >= 15 is 0 Å². The van der Waals surface area contributed by atoms with Crippen molar-refractivity contribution in [1.29, 1.82) is 0 Å². The number of amides is 3. The number of rotatable bonds is 15. The van der Waals surface area contributed by atoms with E-state index in [0.29, 0.717) is 71.0 Å². The fourth-order valence-corrected chi connectivity index (χ4v) is 6.71. The average molecular weight is 737 g/mol. The molecular weight excluding hydrogens is 688 g/mol. The number of hydrogen-bond acceptors (Lipinski definition) is 8. The minimum absolute atomic E-state index is 0.00626. The predicted octanol–water partition coefficient (Wildman–Crippen LogP) is 7.00. The highest BCUT2D eigenvalue weighted by Crippen LogP contribution is 2.38. The summed E-state index contributed by atoms with van der Waals surface area (Å²) in [6.07, 6.45) is 9.69. The Morgan fingerprint density at radius 1 is 0.889 bits per heavy atom. The maximum atomic E-state index is 13.2. The van der Waals surface area contributed by atoms with Crippen LogP contribution in [-0.4, -0.2) is 76.8 Å². The summed E-state index contributed by atoms with van der Waals surface area (Å²) >= 11 is 0. The first-order valence-corrected chi connectivity index (χ1v) is 18.4. The van der Waals surface area contributed by atoms with E-state index < -0.39 is 0 Å². The monoisotopic (exact) mass is 736 g/mol. The minimum Gasteiger partial charge on any atom is -0.493 e. The number of aromatic nitrogens is 2. The Morgan fingerprint density at radius 3 is 2.43 bits per heavy atom. The van der Waals surface area contributed by atoms with Crippen molar-refractivity contribution in [1.82, 2.24) is 14.0 Å². The summed E-state index contributed by atoms with van der Waals surface area (Å²) in [6, 6.07) is 14.2.